The number of esters is 1. The van der Waals surface area contributed by atoms with E-state index in [9.17, 15) is 9.59 Å². The van der Waals surface area contributed by atoms with E-state index in [0.717, 1.165) is 6.04 Å². The summed E-state index contributed by atoms with van der Waals surface area (Å²) in [6.07, 6.45) is -0.503. The largest absolute Gasteiger partial charge is 0.469 e. The van der Waals surface area contributed by atoms with Crippen molar-refractivity contribution >= 4 is 20.1 Å². The Kier molecular flexibility index (Phi) is 6.55. The zero-order chi connectivity index (χ0) is 15.3. The lowest BCUT2D eigenvalue weighted by atomic mass is 10.2. The number of alkyl carbamates (subject to hydrolysis) is 1. The van der Waals surface area contributed by atoms with E-state index in [0.29, 0.717) is 0 Å². The first kappa shape index (κ1) is 18.0. The molecule has 0 spiro atoms. The summed E-state index contributed by atoms with van der Waals surface area (Å²) >= 11 is 0. The molecule has 0 radical (unpaired) electrons. The molecule has 0 aromatic heterocycles. The number of methoxy groups -OCH3 is 1. The highest BCUT2D eigenvalue weighted by Gasteiger charge is 2.27. The second-order valence-corrected chi connectivity index (χ2v) is 12.4. The lowest BCUT2D eigenvalue weighted by molar-refractivity contribution is -0.144. The molecular weight excluding hydrogens is 262 g/mol. The fourth-order valence-electron chi connectivity index (χ4n) is 1.67. The maximum atomic E-state index is 11.7. The van der Waals surface area contributed by atoms with Gasteiger partial charge in [-0.25, -0.2) is 4.79 Å². The van der Waals surface area contributed by atoms with E-state index in [1.165, 1.54) is 7.11 Å². The van der Waals surface area contributed by atoms with Crippen LogP contribution in [0.4, 0.5) is 4.79 Å². The topological polar surface area (TPSA) is 64.6 Å². The molecule has 0 heterocycles. The summed E-state index contributed by atoms with van der Waals surface area (Å²) in [7, 11) is -0.0430. The molecule has 6 heteroatoms. The highest BCUT2D eigenvalue weighted by Crippen LogP contribution is 2.18. The summed E-state index contributed by atoms with van der Waals surface area (Å²) in [6.45, 7) is 12.2. The maximum Gasteiger partial charge on any atom is 0.407 e. The van der Waals surface area contributed by atoms with Crippen LogP contribution < -0.4 is 5.32 Å². The number of hydrogen-bond acceptors (Lipinski definition) is 4. The van der Waals surface area contributed by atoms with Crippen molar-refractivity contribution in [1.82, 2.24) is 5.32 Å². The number of ether oxygens (including phenoxy) is 2. The molecule has 0 aromatic rings. The van der Waals surface area contributed by atoms with Crippen LogP contribution in [0.5, 0.6) is 0 Å². The minimum atomic E-state index is -1.41. The van der Waals surface area contributed by atoms with E-state index in [2.05, 4.69) is 25.0 Å². The van der Waals surface area contributed by atoms with Gasteiger partial charge in [-0.3, -0.25) is 4.79 Å². The van der Waals surface area contributed by atoms with Crippen molar-refractivity contribution in [3.8, 4) is 0 Å². The third-order valence-corrected chi connectivity index (χ3v) is 4.00. The Bertz CT molecular complexity index is 318. The molecule has 0 saturated carbocycles. The number of amides is 1. The Hall–Kier alpha value is -1.04. The van der Waals surface area contributed by atoms with Crippen LogP contribution in [0.2, 0.25) is 25.7 Å². The molecule has 1 atom stereocenters. The molecule has 0 rings (SSSR count). The Balaban J connectivity index is 4.43. The van der Waals surface area contributed by atoms with Gasteiger partial charge < -0.3 is 14.8 Å². The zero-order valence-corrected chi connectivity index (χ0v) is 14.1. The number of carbonyl (C=O) groups is 2. The minimum Gasteiger partial charge on any atom is -0.469 e. The highest BCUT2D eigenvalue weighted by molar-refractivity contribution is 6.76. The van der Waals surface area contributed by atoms with Crippen LogP contribution in [0.1, 0.15) is 20.8 Å². The fourth-order valence-corrected chi connectivity index (χ4v) is 3.45. The SMILES string of the molecule is COC(=O)[C@@H](CNC(=O)OC(C)(C)C)C[Si](C)(C)C. The van der Waals surface area contributed by atoms with Gasteiger partial charge in [-0.1, -0.05) is 19.6 Å². The average molecular weight is 289 g/mol. The quantitative estimate of drug-likeness (QED) is 0.624. The molecule has 1 amide bonds. The number of carbonyl (C=O) groups excluding carboxylic acids is 2. The smallest absolute Gasteiger partial charge is 0.407 e. The van der Waals surface area contributed by atoms with Crippen molar-refractivity contribution in [3.63, 3.8) is 0 Å². The van der Waals surface area contributed by atoms with Gasteiger partial charge in [0, 0.05) is 14.6 Å². The predicted molar refractivity (Wildman–Crippen MR) is 77.9 cm³/mol. The van der Waals surface area contributed by atoms with Crippen LogP contribution in [0, 0.1) is 5.92 Å². The number of hydrogen-bond donors (Lipinski definition) is 1. The number of rotatable bonds is 5. The van der Waals surface area contributed by atoms with Gasteiger partial charge >= 0.3 is 12.1 Å². The first-order chi connectivity index (χ1) is 8.44. The van der Waals surface area contributed by atoms with E-state index in [1.54, 1.807) is 20.8 Å². The van der Waals surface area contributed by atoms with Gasteiger partial charge in [0.25, 0.3) is 0 Å². The van der Waals surface area contributed by atoms with E-state index in [1.807, 2.05) is 0 Å². The molecule has 1 N–H and O–H groups in total. The molecule has 0 saturated heterocycles. The predicted octanol–water partition coefficient (Wildman–Crippen LogP) is 2.64. The number of nitrogens with one attached hydrogen (secondary N) is 1. The van der Waals surface area contributed by atoms with Crippen LogP contribution in [0.25, 0.3) is 0 Å². The Labute approximate surface area is 117 Å². The Morgan fingerprint density at radius 2 is 1.74 bits per heavy atom. The third-order valence-electron chi connectivity index (χ3n) is 2.28. The van der Waals surface area contributed by atoms with Crippen molar-refractivity contribution < 1.29 is 19.1 Å². The van der Waals surface area contributed by atoms with Gasteiger partial charge in [0.05, 0.1) is 13.0 Å². The molecule has 0 fully saturated rings. The molecule has 0 aliphatic carbocycles. The summed E-state index contributed by atoms with van der Waals surface area (Å²) in [6, 6.07) is 0.773. The zero-order valence-electron chi connectivity index (χ0n) is 13.1. The Morgan fingerprint density at radius 1 is 1.21 bits per heavy atom. The summed E-state index contributed by atoms with van der Waals surface area (Å²) < 4.78 is 9.92. The third kappa shape index (κ3) is 9.52. The van der Waals surface area contributed by atoms with E-state index >= 15 is 0 Å². The van der Waals surface area contributed by atoms with Crippen molar-refractivity contribution in [2.75, 3.05) is 13.7 Å². The lowest BCUT2D eigenvalue weighted by Gasteiger charge is -2.24. The van der Waals surface area contributed by atoms with E-state index in [4.69, 9.17) is 9.47 Å². The first-order valence-corrected chi connectivity index (χ1v) is 10.2. The first-order valence-electron chi connectivity index (χ1n) is 6.49. The van der Waals surface area contributed by atoms with Crippen LogP contribution in [-0.4, -0.2) is 39.4 Å². The molecule has 112 valence electrons. The van der Waals surface area contributed by atoms with Crippen LogP contribution in [0.3, 0.4) is 0 Å². The summed E-state index contributed by atoms with van der Waals surface area (Å²) in [5.74, 6) is -0.581. The molecule has 19 heavy (non-hydrogen) atoms. The molecule has 0 bridgehead atoms. The monoisotopic (exact) mass is 289 g/mol. The second kappa shape index (κ2) is 6.93. The molecule has 0 aliphatic rings. The molecule has 5 nitrogen and oxygen atoms in total. The summed E-state index contributed by atoms with van der Waals surface area (Å²) in [5.41, 5.74) is -0.538. The molecule has 0 unspecified atom stereocenters. The fraction of sp³-hybridized carbons (Fsp3) is 0.846. The normalized spacial score (nSPS) is 13.6. The van der Waals surface area contributed by atoms with Gasteiger partial charge in [0.2, 0.25) is 0 Å². The van der Waals surface area contributed by atoms with Crippen molar-refractivity contribution in [3.05, 3.63) is 0 Å². The van der Waals surface area contributed by atoms with Crippen molar-refractivity contribution in [2.24, 2.45) is 5.92 Å². The molecular formula is C13H27NO4Si. The van der Waals surface area contributed by atoms with Gasteiger partial charge in [-0.2, -0.15) is 0 Å². The van der Waals surface area contributed by atoms with Gasteiger partial charge in [0.15, 0.2) is 0 Å². The summed E-state index contributed by atoms with van der Waals surface area (Å²) in [5, 5.41) is 2.64. The standard InChI is InChI=1S/C13H27NO4Si/c1-13(2,3)18-12(16)14-8-10(11(15)17-4)9-19(5,6)7/h10H,8-9H2,1-7H3,(H,14,16)/t10-/m0/s1. The molecule has 0 aromatic carbocycles. The minimum absolute atomic E-state index is 0.256. The van der Waals surface area contributed by atoms with E-state index in [-0.39, 0.29) is 18.4 Å². The Morgan fingerprint density at radius 3 is 2.11 bits per heavy atom. The van der Waals surface area contributed by atoms with E-state index < -0.39 is 19.8 Å². The highest BCUT2D eigenvalue weighted by atomic mass is 28.3. The van der Waals surface area contributed by atoms with Gasteiger partial charge in [0.1, 0.15) is 5.60 Å². The van der Waals surface area contributed by atoms with Crippen molar-refractivity contribution in [1.29, 1.82) is 0 Å². The van der Waals surface area contributed by atoms with Crippen LogP contribution >= 0.6 is 0 Å². The van der Waals surface area contributed by atoms with Crippen molar-refractivity contribution in [2.45, 2.75) is 52.1 Å². The van der Waals surface area contributed by atoms with Gasteiger partial charge in [-0.15, -0.1) is 0 Å². The van der Waals surface area contributed by atoms with Crippen LogP contribution in [-0.2, 0) is 14.3 Å². The summed E-state index contributed by atoms with van der Waals surface area (Å²) in [4.78, 5) is 23.3. The second-order valence-electron chi connectivity index (χ2n) is 6.87. The van der Waals surface area contributed by atoms with Crippen LogP contribution in [0.15, 0.2) is 0 Å². The van der Waals surface area contributed by atoms with Gasteiger partial charge in [-0.05, 0) is 26.8 Å². The molecule has 0 aliphatic heterocycles. The lowest BCUT2D eigenvalue weighted by Crippen LogP contribution is -2.40. The maximum absolute atomic E-state index is 11.7. The average Bonchev–Trinajstić information content (AvgIpc) is 2.19.